The van der Waals surface area contributed by atoms with Gasteiger partial charge in [-0.2, -0.15) is 0 Å². The Kier molecular flexibility index (Phi) is 6.72. The Morgan fingerprint density at radius 1 is 1.25 bits per heavy atom. The number of methoxy groups -OCH3 is 1. The van der Waals surface area contributed by atoms with Crippen LogP contribution in [0.15, 0.2) is 30.3 Å². The number of amides is 3. The predicted molar refractivity (Wildman–Crippen MR) is 93.2 cm³/mol. The van der Waals surface area contributed by atoms with Gasteiger partial charge in [0.25, 0.3) is 0 Å². The van der Waals surface area contributed by atoms with E-state index in [0.717, 1.165) is 25.1 Å². The van der Waals surface area contributed by atoms with Crippen LogP contribution < -0.4 is 15.5 Å². The molecule has 24 heavy (non-hydrogen) atoms. The SMILES string of the molecule is COC(=O)N1CCC(NC(=O)NCCN(C)c2ccccc2)CC1. The van der Waals surface area contributed by atoms with Gasteiger partial charge >= 0.3 is 12.1 Å². The third-order valence-electron chi connectivity index (χ3n) is 4.19. The van der Waals surface area contributed by atoms with Gasteiger partial charge in [-0.25, -0.2) is 9.59 Å². The summed E-state index contributed by atoms with van der Waals surface area (Å²) in [4.78, 5) is 27.1. The lowest BCUT2D eigenvalue weighted by Crippen LogP contribution is -2.49. The van der Waals surface area contributed by atoms with Crippen LogP contribution in [0, 0.1) is 0 Å². The Balaban J connectivity index is 1.63. The molecule has 1 saturated heterocycles. The molecule has 0 aromatic heterocycles. The Hall–Kier alpha value is -2.44. The maximum Gasteiger partial charge on any atom is 0.409 e. The van der Waals surface area contributed by atoms with Gasteiger partial charge in [0, 0.05) is 45.0 Å². The molecule has 1 heterocycles. The molecule has 1 fully saturated rings. The van der Waals surface area contributed by atoms with Gasteiger partial charge < -0.3 is 25.2 Å². The number of urea groups is 1. The highest BCUT2D eigenvalue weighted by molar-refractivity contribution is 5.74. The second kappa shape index (κ2) is 9.00. The van der Waals surface area contributed by atoms with Crippen molar-refractivity contribution in [2.24, 2.45) is 0 Å². The Morgan fingerprint density at radius 3 is 2.54 bits per heavy atom. The molecule has 1 aromatic carbocycles. The van der Waals surface area contributed by atoms with Crippen LogP contribution >= 0.6 is 0 Å². The largest absolute Gasteiger partial charge is 0.453 e. The molecular formula is C17H26N4O3. The fraction of sp³-hybridized carbons (Fsp3) is 0.529. The average Bonchev–Trinajstić information content (AvgIpc) is 2.62. The number of hydrogen-bond acceptors (Lipinski definition) is 4. The molecule has 7 nitrogen and oxygen atoms in total. The topological polar surface area (TPSA) is 73.9 Å². The van der Waals surface area contributed by atoms with E-state index in [-0.39, 0.29) is 18.2 Å². The number of piperidine rings is 1. The van der Waals surface area contributed by atoms with Crippen molar-refractivity contribution in [1.29, 1.82) is 0 Å². The molecule has 7 heteroatoms. The number of likely N-dealkylation sites (tertiary alicyclic amines) is 1. The molecule has 0 unspecified atom stereocenters. The minimum atomic E-state index is -0.304. The van der Waals surface area contributed by atoms with Gasteiger partial charge in [-0.3, -0.25) is 0 Å². The summed E-state index contributed by atoms with van der Waals surface area (Å²) in [6, 6.07) is 9.98. The minimum Gasteiger partial charge on any atom is -0.453 e. The number of para-hydroxylation sites is 1. The monoisotopic (exact) mass is 334 g/mol. The number of anilines is 1. The lowest BCUT2D eigenvalue weighted by molar-refractivity contribution is 0.110. The standard InChI is InChI=1S/C17H26N4O3/c1-20(15-6-4-3-5-7-15)13-10-18-16(22)19-14-8-11-21(12-9-14)17(23)24-2/h3-7,14H,8-13H2,1-2H3,(H2,18,19,22). The van der Waals surface area contributed by atoms with Gasteiger partial charge in [-0.05, 0) is 25.0 Å². The fourth-order valence-electron chi connectivity index (χ4n) is 2.72. The Bertz CT molecular complexity index is 530. The first kappa shape index (κ1) is 17.9. The van der Waals surface area contributed by atoms with Crippen molar-refractivity contribution in [3.63, 3.8) is 0 Å². The number of benzene rings is 1. The highest BCUT2D eigenvalue weighted by atomic mass is 16.5. The van der Waals surface area contributed by atoms with Crippen LogP contribution in [0.1, 0.15) is 12.8 Å². The number of likely N-dealkylation sites (N-methyl/N-ethyl adjacent to an activating group) is 1. The van der Waals surface area contributed by atoms with E-state index in [1.165, 1.54) is 7.11 Å². The number of rotatable bonds is 5. The molecule has 2 N–H and O–H groups in total. The van der Waals surface area contributed by atoms with E-state index >= 15 is 0 Å². The van der Waals surface area contributed by atoms with Gasteiger partial charge in [0.2, 0.25) is 0 Å². The van der Waals surface area contributed by atoms with Crippen LogP contribution in [0.5, 0.6) is 0 Å². The van der Waals surface area contributed by atoms with Crippen molar-refractivity contribution in [3.05, 3.63) is 30.3 Å². The van der Waals surface area contributed by atoms with Gasteiger partial charge in [0.15, 0.2) is 0 Å². The third kappa shape index (κ3) is 5.33. The van der Waals surface area contributed by atoms with Crippen molar-refractivity contribution >= 4 is 17.8 Å². The van der Waals surface area contributed by atoms with Crippen LogP contribution in [0.25, 0.3) is 0 Å². The highest BCUT2D eigenvalue weighted by Gasteiger charge is 2.24. The fourth-order valence-corrected chi connectivity index (χ4v) is 2.72. The molecule has 0 radical (unpaired) electrons. The van der Waals surface area contributed by atoms with Crippen molar-refractivity contribution in [1.82, 2.24) is 15.5 Å². The Labute approximate surface area is 142 Å². The first-order chi connectivity index (χ1) is 11.6. The van der Waals surface area contributed by atoms with E-state index in [1.807, 2.05) is 37.4 Å². The predicted octanol–water partition coefficient (Wildman–Crippen LogP) is 1.65. The van der Waals surface area contributed by atoms with Crippen molar-refractivity contribution in [3.8, 4) is 0 Å². The summed E-state index contributed by atoms with van der Waals surface area (Å²) < 4.78 is 4.70. The zero-order valence-electron chi connectivity index (χ0n) is 14.3. The van der Waals surface area contributed by atoms with Crippen LogP contribution in [-0.2, 0) is 4.74 Å². The molecule has 0 saturated carbocycles. The molecule has 3 amide bonds. The second-order valence-corrected chi connectivity index (χ2v) is 5.89. The zero-order valence-corrected chi connectivity index (χ0v) is 14.3. The van der Waals surface area contributed by atoms with Crippen LogP contribution in [0.2, 0.25) is 0 Å². The lowest BCUT2D eigenvalue weighted by atomic mass is 10.1. The first-order valence-electron chi connectivity index (χ1n) is 8.23. The molecule has 1 aliphatic rings. The highest BCUT2D eigenvalue weighted by Crippen LogP contribution is 2.11. The summed E-state index contributed by atoms with van der Waals surface area (Å²) in [7, 11) is 3.38. The van der Waals surface area contributed by atoms with Gasteiger partial charge in [0.05, 0.1) is 7.11 Å². The van der Waals surface area contributed by atoms with Crippen molar-refractivity contribution in [2.45, 2.75) is 18.9 Å². The van der Waals surface area contributed by atoms with Crippen molar-refractivity contribution < 1.29 is 14.3 Å². The van der Waals surface area contributed by atoms with E-state index in [0.29, 0.717) is 19.6 Å². The van der Waals surface area contributed by atoms with E-state index < -0.39 is 0 Å². The summed E-state index contributed by atoms with van der Waals surface area (Å²) >= 11 is 0. The zero-order chi connectivity index (χ0) is 17.4. The molecule has 0 aliphatic carbocycles. The number of hydrogen-bond donors (Lipinski definition) is 2. The Morgan fingerprint density at radius 2 is 1.92 bits per heavy atom. The molecule has 0 atom stereocenters. The summed E-state index contributed by atoms with van der Waals surface area (Å²) in [5.41, 5.74) is 1.12. The number of ether oxygens (including phenoxy) is 1. The maximum atomic E-state index is 12.0. The molecule has 2 rings (SSSR count). The first-order valence-corrected chi connectivity index (χ1v) is 8.23. The van der Waals surface area contributed by atoms with Crippen LogP contribution in [0.3, 0.4) is 0 Å². The molecule has 0 bridgehead atoms. The summed E-state index contributed by atoms with van der Waals surface area (Å²) in [6.45, 7) is 2.51. The third-order valence-corrected chi connectivity index (χ3v) is 4.19. The second-order valence-electron chi connectivity index (χ2n) is 5.89. The van der Waals surface area contributed by atoms with E-state index in [4.69, 9.17) is 4.74 Å². The quantitative estimate of drug-likeness (QED) is 0.859. The van der Waals surface area contributed by atoms with E-state index in [1.54, 1.807) is 4.90 Å². The summed E-state index contributed by atoms with van der Waals surface area (Å²) in [5.74, 6) is 0. The summed E-state index contributed by atoms with van der Waals surface area (Å²) in [6.07, 6.45) is 1.18. The van der Waals surface area contributed by atoms with Crippen LogP contribution in [0.4, 0.5) is 15.3 Å². The number of nitrogens with zero attached hydrogens (tertiary/aromatic N) is 2. The lowest BCUT2D eigenvalue weighted by Gasteiger charge is -2.31. The van der Waals surface area contributed by atoms with Crippen molar-refractivity contribution in [2.75, 3.05) is 45.2 Å². The number of carbonyl (C=O) groups is 2. The normalized spacial score (nSPS) is 14.8. The molecule has 1 aliphatic heterocycles. The van der Waals surface area contributed by atoms with Gasteiger partial charge in [-0.15, -0.1) is 0 Å². The summed E-state index contributed by atoms with van der Waals surface area (Å²) in [5, 5.41) is 5.84. The average molecular weight is 334 g/mol. The smallest absolute Gasteiger partial charge is 0.409 e. The molecule has 1 aromatic rings. The molecule has 0 spiro atoms. The maximum absolute atomic E-state index is 12.0. The van der Waals surface area contributed by atoms with Gasteiger partial charge in [-0.1, -0.05) is 18.2 Å². The van der Waals surface area contributed by atoms with Crippen LogP contribution in [-0.4, -0.2) is 63.4 Å². The molecular weight excluding hydrogens is 308 g/mol. The number of carbonyl (C=O) groups excluding carboxylic acids is 2. The van der Waals surface area contributed by atoms with E-state index in [9.17, 15) is 9.59 Å². The minimum absolute atomic E-state index is 0.0951. The van der Waals surface area contributed by atoms with Gasteiger partial charge in [0.1, 0.15) is 0 Å². The molecule has 132 valence electrons. The number of nitrogens with one attached hydrogen (secondary N) is 2. The van der Waals surface area contributed by atoms with E-state index in [2.05, 4.69) is 15.5 Å².